The van der Waals surface area contributed by atoms with Crippen LogP contribution >= 0.6 is 0 Å². The van der Waals surface area contributed by atoms with Crippen LogP contribution in [0.5, 0.6) is 0 Å². The fourth-order valence-electron chi connectivity index (χ4n) is 0. The Labute approximate surface area is 64.1 Å². The second-order valence-corrected chi connectivity index (χ2v) is 0.754. The molecule has 0 aromatic carbocycles. The van der Waals surface area contributed by atoms with Crippen molar-refractivity contribution >= 4 is 11.4 Å². The van der Waals surface area contributed by atoms with Gasteiger partial charge in [0.1, 0.15) is 0 Å². The van der Waals surface area contributed by atoms with Crippen molar-refractivity contribution < 1.29 is 52.3 Å². The van der Waals surface area contributed by atoms with Gasteiger partial charge in [0.25, 0.3) is 6.47 Å². The molecule has 1 radical (unpaired) electrons. The van der Waals surface area contributed by atoms with Gasteiger partial charge in [0.2, 0.25) is 0 Å². The second kappa shape index (κ2) is 15.8. The summed E-state index contributed by atoms with van der Waals surface area (Å²) in [6, 6.07) is 0. The molecule has 0 aromatic rings. The predicted molar refractivity (Wildman–Crippen MR) is 16.7 cm³/mol. The molecule has 0 unspecified atom stereocenters. The topological polar surface area (TPSA) is 74.6 Å². The van der Waals surface area contributed by atoms with Crippen molar-refractivity contribution in [3.8, 4) is 0 Å². The van der Waals surface area contributed by atoms with Crippen molar-refractivity contribution in [1.82, 2.24) is 0 Å². The van der Waals surface area contributed by atoms with Gasteiger partial charge >= 0.3 is 30.3 Å². The Morgan fingerprint density at radius 1 is 1.62 bits per heavy atom. The molecule has 0 saturated heterocycles. The first-order valence-electron chi connectivity index (χ1n) is 1.08. The van der Waals surface area contributed by atoms with Crippen molar-refractivity contribution in [2.75, 3.05) is 0 Å². The molecule has 0 saturated carbocycles. The summed E-state index contributed by atoms with van der Waals surface area (Å²) in [5.41, 5.74) is 0. The van der Waals surface area contributed by atoms with Crippen LogP contribution in [-0.2, 0) is 37.3 Å². The van der Waals surface area contributed by atoms with Gasteiger partial charge in [-0.15, -0.1) is 0 Å². The number of carboxylic acid groups (broad SMARTS) is 2. The summed E-state index contributed by atoms with van der Waals surface area (Å²) in [5, 5.41) is 14.1. The van der Waals surface area contributed by atoms with Gasteiger partial charge in [-0.2, -0.15) is 0 Å². The van der Waals surface area contributed by atoms with Crippen molar-refractivity contribution in [2.45, 2.75) is 0 Å². The third kappa shape index (κ3) is 66100. The van der Waals surface area contributed by atoms with E-state index in [1.54, 1.807) is 0 Å². The minimum Gasteiger partial charge on any atom is 0 e. The smallest absolute Gasteiger partial charge is 0 e. The van der Waals surface area contributed by atoms with Crippen LogP contribution in [-0.4, -0.2) is 21.6 Å². The van der Waals surface area contributed by atoms with Gasteiger partial charge in [0.15, 0.2) is 0 Å². The van der Waals surface area contributed by atoms with E-state index in [2.05, 4.69) is 15.5 Å². The molecule has 0 amide bonds. The summed E-state index contributed by atoms with van der Waals surface area (Å²) in [6.45, 7) is -0.250. The van der Waals surface area contributed by atoms with E-state index in [9.17, 15) is 0 Å². The molecule has 0 spiro atoms. The standard InChI is InChI=1S/CH2O2.CHO2.Cu.Ni/c2*2-1-3;;/h1H,(H,2,3);(H,2,3);;. The van der Waals surface area contributed by atoms with Gasteiger partial charge in [-0.1, -0.05) is 0 Å². The summed E-state index contributed by atoms with van der Waals surface area (Å²) < 4.78 is 0. The largest absolute Gasteiger partial charge is 0 e. The molecule has 56 valence electrons. The molecule has 0 aromatic heterocycles. The van der Waals surface area contributed by atoms with Gasteiger partial charge < -0.3 is 5.11 Å². The van der Waals surface area contributed by atoms with Crippen molar-refractivity contribution in [3.63, 3.8) is 0 Å². The van der Waals surface area contributed by atoms with Crippen LogP contribution in [0.2, 0.25) is 0 Å². The summed E-state index contributed by atoms with van der Waals surface area (Å²) in [7, 11) is 0. The molecule has 4 nitrogen and oxygen atoms in total. The molecule has 0 aliphatic heterocycles. The SMILES string of the molecule is O=CO.O=[C](O)[Ni].[Cu]. The van der Waals surface area contributed by atoms with Crippen LogP contribution in [0.4, 0.5) is 4.79 Å². The molecule has 8 heavy (non-hydrogen) atoms. The average Bonchev–Trinajstić information content (AvgIpc) is 1.33. The van der Waals surface area contributed by atoms with Gasteiger partial charge in [0, 0.05) is 17.1 Å². The Balaban J connectivity index is -0.0000000575. The van der Waals surface area contributed by atoms with E-state index in [-0.39, 0.29) is 23.5 Å². The maximum atomic E-state index is 8.83. The van der Waals surface area contributed by atoms with Crippen LogP contribution in [0, 0.1) is 0 Å². The first-order valence-corrected chi connectivity index (χ1v) is 1.57. The molecular formula is C2H3CuNiO4. The fourth-order valence-corrected chi connectivity index (χ4v) is 0. The number of carbonyl (C=O) groups is 2. The molecule has 0 heterocycles. The molecule has 0 fully saturated rings. The van der Waals surface area contributed by atoms with Crippen LogP contribution in [0.25, 0.3) is 0 Å². The molecule has 0 bridgehead atoms. The quantitative estimate of drug-likeness (QED) is 0.435. The van der Waals surface area contributed by atoms with Crippen LogP contribution in [0.1, 0.15) is 0 Å². The maximum absolute atomic E-state index is 8.83. The van der Waals surface area contributed by atoms with E-state index in [0.717, 1.165) is 0 Å². The van der Waals surface area contributed by atoms with Crippen LogP contribution < -0.4 is 0 Å². The van der Waals surface area contributed by atoms with E-state index in [0.29, 0.717) is 0 Å². The fraction of sp³-hybridized carbons (Fsp3) is 0. The maximum Gasteiger partial charge on any atom is 0 e. The Morgan fingerprint density at radius 2 is 1.62 bits per heavy atom. The summed E-state index contributed by atoms with van der Waals surface area (Å²) >= 11 is 3.29. The van der Waals surface area contributed by atoms with E-state index in [1.165, 1.54) is 0 Å². The first kappa shape index (κ1) is 15.7. The molecule has 0 aliphatic carbocycles. The Hall–Kier alpha value is -0.0470. The van der Waals surface area contributed by atoms with E-state index in [1.807, 2.05) is 0 Å². The Morgan fingerprint density at radius 3 is 1.62 bits per heavy atom. The molecule has 0 aliphatic rings. The zero-order valence-corrected chi connectivity index (χ0v) is 5.34. The van der Waals surface area contributed by atoms with Crippen molar-refractivity contribution in [2.24, 2.45) is 0 Å². The average molecular weight is 213 g/mol. The van der Waals surface area contributed by atoms with E-state index < -0.39 is 4.94 Å². The molecular weight excluding hydrogens is 210 g/mol. The number of hydrogen-bond acceptors (Lipinski definition) is 2. The van der Waals surface area contributed by atoms with Crippen LogP contribution in [0.15, 0.2) is 0 Å². The first-order chi connectivity index (χ1) is 3.15. The third-order valence-electron chi connectivity index (χ3n) is 0. The molecule has 2 N–H and O–H groups in total. The minimum atomic E-state index is -1.21. The minimum absolute atomic E-state index is 0. The second-order valence-electron chi connectivity index (χ2n) is 0.332. The Bertz CT molecular complexity index is 61.1. The van der Waals surface area contributed by atoms with E-state index >= 15 is 0 Å². The normalized spacial score (nSPS) is 4.75. The number of rotatable bonds is 0. The van der Waals surface area contributed by atoms with Gasteiger partial charge in [-0.05, 0) is 0 Å². The van der Waals surface area contributed by atoms with Crippen LogP contribution in [0.3, 0.4) is 0 Å². The summed E-state index contributed by atoms with van der Waals surface area (Å²) in [5.74, 6) is 0. The molecule has 0 atom stereocenters. The van der Waals surface area contributed by atoms with Gasteiger partial charge in [-0.3, -0.25) is 4.79 Å². The summed E-state index contributed by atoms with van der Waals surface area (Å²) in [4.78, 5) is 16.0. The summed E-state index contributed by atoms with van der Waals surface area (Å²) in [6.07, 6.45) is 0. The zero-order chi connectivity index (χ0) is 6.28. The zero-order valence-electron chi connectivity index (χ0n) is 3.41. The van der Waals surface area contributed by atoms with E-state index in [4.69, 9.17) is 19.8 Å². The predicted octanol–water partition coefficient (Wildman–Crippen LogP) is -0.0905. The molecule has 6 heteroatoms. The van der Waals surface area contributed by atoms with Crippen molar-refractivity contribution in [1.29, 1.82) is 0 Å². The van der Waals surface area contributed by atoms with Gasteiger partial charge in [0.05, 0.1) is 0 Å². The number of hydrogen-bond donors (Lipinski definition) is 2. The third-order valence-corrected chi connectivity index (χ3v) is 0. The van der Waals surface area contributed by atoms with Crippen molar-refractivity contribution in [3.05, 3.63) is 0 Å². The Kier molecular flexibility index (Phi) is 30.9. The monoisotopic (exact) mass is 212 g/mol. The van der Waals surface area contributed by atoms with Gasteiger partial charge in [-0.25, -0.2) is 0 Å². The molecule has 0 rings (SSSR count).